The minimum Gasteiger partial charge on any atom is -0.393 e. The molecule has 0 aromatic carbocycles. The average Bonchev–Trinajstić information content (AvgIpc) is 2.68. The fraction of sp³-hybridized carbons (Fsp3) is 0.545. The van der Waals surface area contributed by atoms with Crippen molar-refractivity contribution in [2.45, 2.75) is 26.8 Å². The first-order chi connectivity index (χ1) is 7.93. The summed E-state index contributed by atoms with van der Waals surface area (Å²) < 4.78 is 0. The maximum absolute atomic E-state index is 12.0. The first-order valence-electron chi connectivity index (χ1n) is 5.52. The number of imidazole rings is 1. The van der Waals surface area contributed by atoms with Gasteiger partial charge in [0.2, 0.25) is 5.91 Å². The number of H-pyrrole nitrogens is 1. The average molecular weight is 254 g/mol. The van der Waals surface area contributed by atoms with E-state index in [1.165, 1.54) is 0 Å². The molecule has 0 saturated heterocycles. The first kappa shape index (κ1) is 13.6. The zero-order valence-electron chi connectivity index (χ0n) is 10.2. The molecule has 6 heteroatoms. The summed E-state index contributed by atoms with van der Waals surface area (Å²) in [5.74, 6) is 0.193. The highest BCUT2D eigenvalue weighted by molar-refractivity contribution is 7.80. The van der Waals surface area contributed by atoms with Gasteiger partial charge < -0.3 is 16.0 Å². The number of aromatic amines is 1. The van der Waals surface area contributed by atoms with Gasteiger partial charge in [0, 0.05) is 12.4 Å². The van der Waals surface area contributed by atoms with E-state index in [1.807, 2.05) is 20.8 Å². The molecular formula is C11H18N4OS. The van der Waals surface area contributed by atoms with Crippen LogP contribution in [0.5, 0.6) is 0 Å². The molecule has 0 bridgehead atoms. The number of hydrogen-bond acceptors (Lipinski definition) is 3. The molecule has 1 heterocycles. The number of rotatable bonds is 5. The van der Waals surface area contributed by atoms with E-state index in [2.05, 4.69) is 15.3 Å². The molecule has 1 amide bonds. The molecule has 1 aromatic rings. The maximum Gasteiger partial charge on any atom is 0.230 e. The predicted molar refractivity (Wildman–Crippen MR) is 70.3 cm³/mol. The molecule has 0 spiro atoms. The number of carbonyl (C=O) groups excluding carboxylic acids is 1. The summed E-state index contributed by atoms with van der Waals surface area (Å²) in [6.07, 6.45) is 3.36. The standard InChI is InChI=1S/C11H18N4OS/c1-6(2)8(9(12)17)11(16)15-7(3)10-13-4-5-14-10/h4-8H,1-3H3,(H2,12,17)(H,13,14)(H,15,16). The third-order valence-corrected chi connectivity index (χ3v) is 2.80. The van der Waals surface area contributed by atoms with Gasteiger partial charge >= 0.3 is 0 Å². The molecule has 0 radical (unpaired) electrons. The van der Waals surface area contributed by atoms with Crippen molar-refractivity contribution in [3.8, 4) is 0 Å². The van der Waals surface area contributed by atoms with Gasteiger partial charge in [-0.1, -0.05) is 26.1 Å². The van der Waals surface area contributed by atoms with Gasteiger partial charge in [-0.15, -0.1) is 0 Å². The van der Waals surface area contributed by atoms with Crippen LogP contribution in [0.25, 0.3) is 0 Å². The van der Waals surface area contributed by atoms with Crippen molar-refractivity contribution in [1.82, 2.24) is 15.3 Å². The Hall–Kier alpha value is -1.43. The Bertz CT molecular complexity index is 388. The smallest absolute Gasteiger partial charge is 0.230 e. The molecule has 0 aliphatic heterocycles. The van der Waals surface area contributed by atoms with Crippen molar-refractivity contribution in [1.29, 1.82) is 0 Å². The van der Waals surface area contributed by atoms with Crippen LogP contribution in [0.1, 0.15) is 32.6 Å². The molecule has 2 unspecified atom stereocenters. The van der Waals surface area contributed by atoms with Crippen LogP contribution >= 0.6 is 12.2 Å². The van der Waals surface area contributed by atoms with E-state index in [0.29, 0.717) is 5.82 Å². The summed E-state index contributed by atoms with van der Waals surface area (Å²) >= 11 is 4.92. The third-order valence-electron chi connectivity index (χ3n) is 2.54. The third kappa shape index (κ3) is 3.52. The van der Waals surface area contributed by atoms with Crippen LogP contribution in [0.2, 0.25) is 0 Å². The van der Waals surface area contributed by atoms with Crippen LogP contribution in [0.4, 0.5) is 0 Å². The first-order valence-corrected chi connectivity index (χ1v) is 5.93. The Labute approximate surface area is 106 Å². The lowest BCUT2D eigenvalue weighted by atomic mass is 9.94. The van der Waals surface area contributed by atoms with Gasteiger partial charge in [0.15, 0.2) is 0 Å². The summed E-state index contributed by atoms with van der Waals surface area (Å²) in [6.45, 7) is 5.69. The molecule has 0 aliphatic carbocycles. The predicted octanol–water partition coefficient (Wildman–Crippen LogP) is 1.15. The van der Waals surface area contributed by atoms with E-state index in [-0.39, 0.29) is 22.9 Å². The Balaban J connectivity index is 2.68. The lowest BCUT2D eigenvalue weighted by Crippen LogP contribution is -2.41. The topological polar surface area (TPSA) is 83.8 Å². The van der Waals surface area contributed by atoms with Crippen LogP contribution in [0.3, 0.4) is 0 Å². The van der Waals surface area contributed by atoms with Crippen molar-refractivity contribution < 1.29 is 4.79 Å². The molecular weight excluding hydrogens is 236 g/mol. The number of aromatic nitrogens is 2. The second kappa shape index (κ2) is 5.77. The number of carbonyl (C=O) groups is 1. The summed E-state index contributed by atoms with van der Waals surface area (Å²) in [5, 5.41) is 2.84. The van der Waals surface area contributed by atoms with Crippen LogP contribution < -0.4 is 11.1 Å². The van der Waals surface area contributed by atoms with Crippen LogP contribution in [0.15, 0.2) is 12.4 Å². The van der Waals surface area contributed by atoms with Crippen LogP contribution in [-0.4, -0.2) is 20.9 Å². The molecule has 4 N–H and O–H groups in total. The Kier molecular flexibility index (Phi) is 4.62. The van der Waals surface area contributed by atoms with E-state index < -0.39 is 5.92 Å². The zero-order chi connectivity index (χ0) is 13.0. The highest BCUT2D eigenvalue weighted by Crippen LogP contribution is 2.14. The van der Waals surface area contributed by atoms with Crippen molar-refractivity contribution in [2.75, 3.05) is 0 Å². The minimum absolute atomic E-state index is 0.0799. The summed E-state index contributed by atoms with van der Waals surface area (Å²) in [5.41, 5.74) is 5.58. The van der Waals surface area contributed by atoms with E-state index >= 15 is 0 Å². The molecule has 0 fully saturated rings. The van der Waals surface area contributed by atoms with Gasteiger partial charge in [0.25, 0.3) is 0 Å². The molecule has 5 nitrogen and oxygen atoms in total. The van der Waals surface area contributed by atoms with Gasteiger partial charge in [-0.3, -0.25) is 4.79 Å². The van der Waals surface area contributed by atoms with Gasteiger partial charge in [-0.2, -0.15) is 0 Å². The molecule has 1 aromatic heterocycles. The fourth-order valence-corrected chi connectivity index (χ4v) is 2.03. The van der Waals surface area contributed by atoms with Crippen molar-refractivity contribution >= 4 is 23.1 Å². The lowest BCUT2D eigenvalue weighted by Gasteiger charge is -2.21. The summed E-state index contributed by atoms with van der Waals surface area (Å²) in [4.78, 5) is 19.3. The summed E-state index contributed by atoms with van der Waals surface area (Å²) in [6, 6.07) is -0.187. The van der Waals surface area contributed by atoms with Crippen LogP contribution in [0, 0.1) is 11.8 Å². The molecule has 1 rings (SSSR count). The number of nitrogens with one attached hydrogen (secondary N) is 2. The molecule has 2 atom stereocenters. The monoisotopic (exact) mass is 254 g/mol. The van der Waals surface area contributed by atoms with Crippen LogP contribution in [-0.2, 0) is 4.79 Å². The maximum atomic E-state index is 12.0. The second-order valence-corrected chi connectivity index (χ2v) is 4.80. The highest BCUT2D eigenvalue weighted by Gasteiger charge is 2.26. The molecule has 0 aliphatic rings. The van der Waals surface area contributed by atoms with Gasteiger partial charge in [-0.25, -0.2) is 4.98 Å². The Morgan fingerprint density at radius 3 is 2.59 bits per heavy atom. The van der Waals surface area contributed by atoms with Crippen molar-refractivity contribution in [2.24, 2.45) is 17.6 Å². The van der Waals surface area contributed by atoms with Gasteiger partial charge in [0.05, 0.1) is 16.9 Å². The van der Waals surface area contributed by atoms with Crippen molar-refractivity contribution in [3.63, 3.8) is 0 Å². The quantitative estimate of drug-likeness (QED) is 0.688. The minimum atomic E-state index is -0.442. The fourth-order valence-electron chi connectivity index (χ4n) is 1.65. The largest absolute Gasteiger partial charge is 0.393 e. The summed E-state index contributed by atoms with van der Waals surface area (Å²) in [7, 11) is 0. The van der Waals surface area contributed by atoms with Crippen molar-refractivity contribution in [3.05, 3.63) is 18.2 Å². The number of amides is 1. The Morgan fingerprint density at radius 2 is 2.18 bits per heavy atom. The molecule has 0 saturated carbocycles. The molecule has 17 heavy (non-hydrogen) atoms. The second-order valence-electron chi connectivity index (χ2n) is 4.33. The number of hydrogen-bond donors (Lipinski definition) is 3. The number of nitrogens with two attached hydrogens (primary N) is 1. The van der Waals surface area contributed by atoms with E-state index in [0.717, 1.165) is 0 Å². The Morgan fingerprint density at radius 1 is 1.53 bits per heavy atom. The van der Waals surface area contributed by atoms with E-state index in [9.17, 15) is 4.79 Å². The normalized spacial score (nSPS) is 14.4. The molecule has 94 valence electrons. The zero-order valence-corrected chi connectivity index (χ0v) is 11.0. The number of thiocarbonyl (C=S) groups is 1. The SMILES string of the molecule is CC(NC(=O)C(C(N)=S)C(C)C)c1ncc[nH]1. The van der Waals surface area contributed by atoms with Gasteiger partial charge in [0.1, 0.15) is 5.82 Å². The highest BCUT2D eigenvalue weighted by atomic mass is 32.1. The lowest BCUT2D eigenvalue weighted by molar-refractivity contribution is -0.124. The van der Waals surface area contributed by atoms with E-state index in [1.54, 1.807) is 12.4 Å². The van der Waals surface area contributed by atoms with E-state index in [4.69, 9.17) is 18.0 Å². The van der Waals surface area contributed by atoms with Gasteiger partial charge in [-0.05, 0) is 12.8 Å². The number of nitrogens with zero attached hydrogens (tertiary/aromatic N) is 1.